The van der Waals surface area contributed by atoms with Gasteiger partial charge in [0, 0.05) is 24.8 Å². The number of amides is 1. The van der Waals surface area contributed by atoms with Crippen molar-refractivity contribution in [2.75, 3.05) is 11.9 Å². The van der Waals surface area contributed by atoms with Gasteiger partial charge in [0.05, 0.1) is 0 Å². The number of benzene rings is 2. The molecule has 0 atom stereocenters. The molecule has 0 saturated carbocycles. The zero-order valence-electron chi connectivity index (χ0n) is 10.3. The lowest BCUT2D eigenvalue weighted by Gasteiger charge is -2.19. The van der Waals surface area contributed by atoms with Crippen LogP contribution in [0.2, 0.25) is 0 Å². The first kappa shape index (κ1) is 12.2. The minimum atomic E-state index is -0.398. The molecule has 3 nitrogen and oxygen atoms in total. The highest BCUT2D eigenvalue weighted by molar-refractivity contribution is 5.93. The fourth-order valence-electron chi connectivity index (χ4n) is 1.85. The molecule has 2 N–H and O–H groups in total. The van der Waals surface area contributed by atoms with E-state index in [9.17, 15) is 4.79 Å². The van der Waals surface area contributed by atoms with E-state index in [0.29, 0.717) is 5.56 Å². The molecule has 0 aliphatic carbocycles. The van der Waals surface area contributed by atoms with Crippen LogP contribution in [0.25, 0.3) is 0 Å². The summed E-state index contributed by atoms with van der Waals surface area (Å²) >= 11 is 0. The molecule has 0 unspecified atom stereocenters. The lowest BCUT2D eigenvalue weighted by molar-refractivity contribution is 0.100. The first-order chi connectivity index (χ1) is 8.66. The molecule has 0 aliphatic rings. The fourth-order valence-corrected chi connectivity index (χ4v) is 1.85. The molecule has 0 radical (unpaired) electrons. The highest BCUT2D eigenvalue weighted by Crippen LogP contribution is 2.17. The zero-order valence-corrected chi connectivity index (χ0v) is 10.3. The topological polar surface area (TPSA) is 46.3 Å². The maximum Gasteiger partial charge on any atom is 0.248 e. The summed E-state index contributed by atoms with van der Waals surface area (Å²) in [6.07, 6.45) is 0. The molecular formula is C15H16N2O. The number of nitrogens with zero attached hydrogens (tertiary/aromatic N) is 1. The van der Waals surface area contributed by atoms with Crippen LogP contribution in [0.5, 0.6) is 0 Å². The quantitative estimate of drug-likeness (QED) is 0.892. The molecule has 0 bridgehead atoms. The molecule has 2 rings (SSSR count). The normalized spacial score (nSPS) is 10.1. The Morgan fingerprint density at radius 2 is 1.83 bits per heavy atom. The summed E-state index contributed by atoms with van der Waals surface area (Å²) in [6, 6.07) is 17.5. The minimum absolute atomic E-state index is 0.398. The van der Waals surface area contributed by atoms with E-state index in [-0.39, 0.29) is 0 Å². The van der Waals surface area contributed by atoms with Crippen LogP contribution < -0.4 is 10.6 Å². The van der Waals surface area contributed by atoms with Crippen LogP contribution in [0.4, 0.5) is 5.69 Å². The summed E-state index contributed by atoms with van der Waals surface area (Å²) in [5, 5.41) is 0. The van der Waals surface area contributed by atoms with Crippen molar-refractivity contribution in [2.24, 2.45) is 5.73 Å². The summed E-state index contributed by atoms with van der Waals surface area (Å²) in [4.78, 5) is 13.2. The van der Waals surface area contributed by atoms with Crippen LogP contribution in [0.1, 0.15) is 15.9 Å². The summed E-state index contributed by atoms with van der Waals surface area (Å²) in [5.41, 5.74) is 8.02. The van der Waals surface area contributed by atoms with Crippen LogP contribution >= 0.6 is 0 Å². The summed E-state index contributed by atoms with van der Waals surface area (Å²) in [7, 11) is 1.99. The number of primary amides is 1. The van der Waals surface area contributed by atoms with Gasteiger partial charge in [0.25, 0.3) is 0 Å². The Morgan fingerprint density at radius 3 is 2.50 bits per heavy atom. The third kappa shape index (κ3) is 2.88. The molecule has 0 aliphatic heterocycles. The molecule has 0 spiro atoms. The predicted octanol–water partition coefficient (Wildman–Crippen LogP) is 2.42. The molecule has 92 valence electrons. The van der Waals surface area contributed by atoms with Crippen molar-refractivity contribution in [1.29, 1.82) is 0 Å². The Labute approximate surface area is 107 Å². The van der Waals surface area contributed by atoms with E-state index in [1.54, 1.807) is 6.07 Å². The van der Waals surface area contributed by atoms with Gasteiger partial charge in [-0.15, -0.1) is 0 Å². The third-order valence-electron chi connectivity index (χ3n) is 2.83. The maximum atomic E-state index is 11.1. The molecular weight excluding hydrogens is 224 g/mol. The molecule has 1 amide bonds. The van der Waals surface area contributed by atoms with Gasteiger partial charge >= 0.3 is 0 Å². The molecule has 3 heteroatoms. The van der Waals surface area contributed by atoms with E-state index in [2.05, 4.69) is 17.0 Å². The number of hydrogen-bond acceptors (Lipinski definition) is 2. The molecule has 18 heavy (non-hydrogen) atoms. The number of rotatable bonds is 4. The number of carbonyl (C=O) groups is 1. The van der Waals surface area contributed by atoms with Crippen molar-refractivity contribution in [1.82, 2.24) is 0 Å². The van der Waals surface area contributed by atoms with E-state index < -0.39 is 5.91 Å². The Hall–Kier alpha value is -2.29. The van der Waals surface area contributed by atoms with E-state index in [1.807, 2.05) is 43.4 Å². The molecule has 0 heterocycles. The number of carbonyl (C=O) groups excluding carboxylic acids is 1. The Bertz CT molecular complexity index is 537. The van der Waals surface area contributed by atoms with Gasteiger partial charge < -0.3 is 10.6 Å². The van der Waals surface area contributed by atoms with Gasteiger partial charge in [-0.05, 0) is 23.8 Å². The second kappa shape index (κ2) is 5.36. The second-order valence-electron chi connectivity index (χ2n) is 4.26. The van der Waals surface area contributed by atoms with E-state index in [0.717, 1.165) is 12.2 Å². The van der Waals surface area contributed by atoms with E-state index >= 15 is 0 Å². The monoisotopic (exact) mass is 240 g/mol. The van der Waals surface area contributed by atoms with Gasteiger partial charge in [-0.3, -0.25) is 4.79 Å². The smallest absolute Gasteiger partial charge is 0.248 e. The average molecular weight is 240 g/mol. The lowest BCUT2D eigenvalue weighted by atomic mass is 10.1. The molecule has 0 saturated heterocycles. The van der Waals surface area contributed by atoms with Gasteiger partial charge in [-0.25, -0.2) is 0 Å². The minimum Gasteiger partial charge on any atom is -0.370 e. The van der Waals surface area contributed by atoms with Crippen LogP contribution in [0.3, 0.4) is 0 Å². The fraction of sp³-hybridized carbons (Fsp3) is 0.133. The Kier molecular flexibility index (Phi) is 3.63. The summed E-state index contributed by atoms with van der Waals surface area (Å²) in [6.45, 7) is 0.795. The van der Waals surface area contributed by atoms with Crippen molar-refractivity contribution >= 4 is 11.6 Å². The van der Waals surface area contributed by atoms with Gasteiger partial charge in [0.15, 0.2) is 0 Å². The van der Waals surface area contributed by atoms with Gasteiger partial charge in [0.1, 0.15) is 0 Å². The lowest BCUT2D eigenvalue weighted by Crippen LogP contribution is -2.17. The SMILES string of the molecule is CN(Cc1ccccc1)c1cccc(C(N)=O)c1. The van der Waals surface area contributed by atoms with E-state index in [4.69, 9.17) is 5.73 Å². The van der Waals surface area contributed by atoms with Gasteiger partial charge in [0.2, 0.25) is 5.91 Å². The highest BCUT2D eigenvalue weighted by atomic mass is 16.1. The predicted molar refractivity (Wildman–Crippen MR) is 73.5 cm³/mol. The van der Waals surface area contributed by atoms with Crippen molar-refractivity contribution in [3.05, 3.63) is 65.7 Å². The zero-order chi connectivity index (χ0) is 13.0. The average Bonchev–Trinajstić information content (AvgIpc) is 2.40. The standard InChI is InChI=1S/C15H16N2O/c1-17(11-12-6-3-2-4-7-12)14-9-5-8-13(10-14)15(16)18/h2-10H,11H2,1H3,(H2,16,18). The second-order valence-corrected chi connectivity index (χ2v) is 4.26. The summed E-state index contributed by atoms with van der Waals surface area (Å²) in [5.74, 6) is -0.398. The van der Waals surface area contributed by atoms with Crippen molar-refractivity contribution < 1.29 is 4.79 Å². The van der Waals surface area contributed by atoms with Crippen LogP contribution in [-0.2, 0) is 6.54 Å². The highest BCUT2D eigenvalue weighted by Gasteiger charge is 2.05. The number of anilines is 1. The van der Waals surface area contributed by atoms with Gasteiger partial charge in [-0.2, -0.15) is 0 Å². The molecule has 2 aromatic carbocycles. The number of nitrogens with two attached hydrogens (primary N) is 1. The van der Waals surface area contributed by atoms with Crippen LogP contribution in [0.15, 0.2) is 54.6 Å². The third-order valence-corrected chi connectivity index (χ3v) is 2.83. The van der Waals surface area contributed by atoms with Crippen molar-refractivity contribution in [3.8, 4) is 0 Å². The Morgan fingerprint density at radius 1 is 1.11 bits per heavy atom. The van der Waals surface area contributed by atoms with Crippen LogP contribution in [-0.4, -0.2) is 13.0 Å². The molecule has 0 aromatic heterocycles. The first-order valence-corrected chi connectivity index (χ1v) is 5.82. The van der Waals surface area contributed by atoms with Crippen LogP contribution in [0, 0.1) is 0 Å². The molecule has 2 aromatic rings. The Balaban J connectivity index is 2.16. The van der Waals surface area contributed by atoms with E-state index in [1.165, 1.54) is 5.56 Å². The first-order valence-electron chi connectivity index (χ1n) is 5.82. The molecule has 0 fully saturated rings. The van der Waals surface area contributed by atoms with Crippen molar-refractivity contribution in [3.63, 3.8) is 0 Å². The largest absolute Gasteiger partial charge is 0.370 e. The summed E-state index contributed by atoms with van der Waals surface area (Å²) < 4.78 is 0. The maximum absolute atomic E-state index is 11.1. The van der Waals surface area contributed by atoms with Gasteiger partial charge in [-0.1, -0.05) is 36.4 Å². The van der Waals surface area contributed by atoms with Crippen molar-refractivity contribution in [2.45, 2.75) is 6.54 Å². The number of hydrogen-bond donors (Lipinski definition) is 1.